The van der Waals surface area contributed by atoms with Crippen LogP contribution in [0.5, 0.6) is 0 Å². The molecular formula is C13H21N3. The number of fused-ring (bicyclic) bond motifs is 1. The Balaban J connectivity index is 2.29. The van der Waals surface area contributed by atoms with Crippen LogP contribution in [0.25, 0.3) is 0 Å². The van der Waals surface area contributed by atoms with Crippen LogP contribution in [0.2, 0.25) is 0 Å². The first-order chi connectivity index (χ1) is 7.63. The first-order valence-electron chi connectivity index (χ1n) is 5.98. The number of hydrogen-bond acceptors (Lipinski definition) is 3. The van der Waals surface area contributed by atoms with E-state index in [1.807, 2.05) is 0 Å². The third kappa shape index (κ3) is 1.93. The van der Waals surface area contributed by atoms with E-state index in [1.165, 1.54) is 11.3 Å². The van der Waals surface area contributed by atoms with E-state index in [-0.39, 0.29) is 6.04 Å². The lowest BCUT2D eigenvalue weighted by Gasteiger charge is -2.24. The van der Waals surface area contributed by atoms with Crippen molar-refractivity contribution >= 4 is 5.69 Å². The summed E-state index contributed by atoms with van der Waals surface area (Å²) in [6.45, 7) is 6.09. The molecule has 1 atom stereocenters. The van der Waals surface area contributed by atoms with E-state index in [9.17, 15) is 0 Å². The minimum Gasteiger partial charge on any atom is -0.369 e. The molecule has 3 heteroatoms. The van der Waals surface area contributed by atoms with E-state index >= 15 is 0 Å². The van der Waals surface area contributed by atoms with Crippen molar-refractivity contribution in [3.8, 4) is 0 Å². The van der Waals surface area contributed by atoms with Crippen LogP contribution in [-0.2, 0) is 6.42 Å². The van der Waals surface area contributed by atoms with E-state index in [1.54, 1.807) is 0 Å². The summed E-state index contributed by atoms with van der Waals surface area (Å²) in [5.41, 5.74) is 15.5. The predicted molar refractivity (Wildman–Crippen MR) is 68.6 cm³/mol. The molecule has 1 aromatic carbocycles. The fraction of sp³-hybridized carbons (Fsp3) is 0.538. The third-order valence-electron chi connectivity index (χ3n) is 3.34. The van der Waals surface area contributed by atoms with Gasteiger partial charge in [-0.1, -0.05) is 12.1 Å². The Morgan fingerprint density at radius 1 is 1.38 bits per heavy atom. The molecule has 0 fully saturated rings. The average Bonchev–Trinajstić information content (AvgIpc) is 2.70. The fourth-order valence-corrected chi connectivity index (χ4v) is 2.35. The largest absolute Gasteiger partial charge is 0.369 e. The van der Waals surface area contributed by atoms with Crippen LogP contribution in [0.3, 0.4) is 0 Å². The van der Waals surface area contributed by atoms with Gasteiger partial charge in [-0.25, -0.2) is 0 Å². The summed E-state index contributed by atoms with van der Waals surface area (Å²) < 4.78 is 0. The Kier molecular flexibility index (Phi) is 3.17. The van der Waals surface area contributed by atoms with Crippen LogP contribution in [0, 0.1) is 0 Å². The number of nitrogens with two attached hydrogens (primary N) is 2. The standard InChI is InChI=1S/C13H21N3/c1-9(2)16-6-5-11-7-10(12(15)8-14)3-4-13(11)16/h3-4,7,9,12H,5-6,8,14-15H2,1-2H3/t12-/m1/s1. The van der Waals surface area contributed by atoms with Gasteiger partial charge in [0.05, 0.1) is 0 Å². The minimum absolute atomic E-state index is 0.0293. The molecule has 0 saturated heterocycles. The van der Waals surface area contributed by atoms with Gasteiger partial charge in [-0.2, -0.15) is 0 Å². The molecule has 0 spiro atoms. The van der Waals surface area contributed by atoms with Crippen molar-refractivity contribution in [1.29, 1.82) is 0 Å². The molecule has 0 amide bonds. The third-order valence-corrected chi connectivity index (χ3v) is 3.34. The van der Waals surface area contributed by atoms with E-state index in [0.717, 1.165) is 18.5 Å². The maximum absolute atomic E-state index is 5.94. The SMILES string of the molecule is CC(C)N1CCc2cc([C@H](N)CN)ccc21. The summed E-state index contributed by atoms with van der Waals surface area (Å²) in [5.74, 6) is 0. The smallest absolute Gasteiger partial charge is 0.0419 e. The van der Waals surface area contributed by atoms with E-state index in [4.69, 9.17) is 11.5 Å². The minimum atomic E-state index is -0.0293. The molecule has 88 valence electrons. The van der Waals surface area contributed by atoms with Crippen LogP contribution in [0.4, 0.5) is 5.69 Å². The summed E-state index contributed by atoms with van der Waals surface area (Å²) in [5, 5.41) is 0. The zero-order valence-corrected chi connectivity index (χ0v) is 10.1. The second-order valence-electron chi connectivity index (χ2n) is 4.77. The molecule has 4 N–H and O–H groups in total. The number of hydrogen-bond donors (Lipinski definition) is 2. The van der Waals surface area contributed by atoms with Gasteiger partial charge in [0.15, 0.2) is 0 Å². The molecule has 1 aliphatic heterocycles. The molecule has 1 aliphatic rings. The predicted octanol–water partition coefficient (Wildman–Crippen LogP) is 1.42. The van der Waals surface area contributed by atoms with Gasteiger partial charge in [0.25, 0.3) is 0 Å². The highest BCUT2D eigenvalue weighted by atomic mass is 15.2. The van der Waals surface area contributed by atoms with Gasteiger partial charge in [-0.15, -0.1) is 0 Å². The number of benzene rings is 1. The van der Waals surface area contributed by atoms with Crippen LogP contribution < -0.4 is 16.4 Å². The molecule has 2 rings (SSSR count). The molecule has 0 saturated carbocycles. The fourth-order valence-electron chi connectivity index (χ4n) is 2.35. The second-order valence-corrected chi connectivity index (χ2v) is 4.77. The van der Waals surface area contributed by atoms with Gasteiger partial charge >= 0.3 is 0 Å². The maximum Gasteiger partial charge on any atom is 0.0419 e. The number of anilines is 1. The Morgan fingerprint density at radius 2 is 2.12 bits per heavy atom. The lowest BCUT2D eigenvalue weighted by Crippen LogP contribution is -2.28. The highest BCUT2D eigenvalue weighted by molar-refractivity contribution is 5.59. The van der Waals surface area contributed by atoms with Crippen molar-refractivity contribution in [1.82, 2.24) is 0 Å². The van der Waals surface area contributed by atoms with Gasteiger partial charge in [0.1, 0.15) is 0 Å². The molecular weight excluding hydrogens is 198 g/mol. The molecule has 0 bridgehead atoms. The normalized spacial score (nSPS) is 16.7. The zero-order valence-electron chi connectivity index (χ0n) is 10.1. The van der Waals surface area contributed by atoms with Crippen LogP contribution in [0.1, 0.15) is 31.0 Å². The first kappa shape index (κ1) is 11.4. The van der Waals surface area contributed by atoms with E-state index in [0.29, 0.717) is 12.6 Å². The van der Waals surface area contributed by atoms with Gasteiger partial charge in [0.2, 0.25) is 0 Å². The number of nitrogens with zero attached hydrogens (tertiary/aromatic N) is 1. The number of rotatable bonds is 3. The maximum atomic E-state index is 5.94. The Hall–Kier alpha value is -1.06. The zero-order chi connectivity index (χ0) is 11.7. The van der Waals surface area contributed by atoms with E-state index in [2.05, 4.69) is 36.9 Å². The van der Waals surface area contributed by atoms with Crippen LogP contribution in [-0.4, -0.2) is 19.1 Å². The summed E-state index contributed by atoms with van der Waals surface area (Å²) in [7, 11) is 0. The molecule has 3 nitrogen and oxygen atoms in total. The molecule has 0 radical (unpaired) electrons. The van der Waals surface area contributed by atoms with Crippen LogP contribution >= 0.6 is 0 Å². The first-order valence-corrected chi connectivity index (χ1v) is 5.98. The highest BCUT2D eigenvalue weighted by Crippen LogP contribution is 2.31. The van der Waals surface area contributed by atoms with Gasteiger partial charge in [-0.3, -0.25) is 0 Å². The highest BCUT2D eigenvalue weighted by Gasteiger charge is 2.21. The Labute approximate surface area is 97.4 Å². The molecule has 0 unspecified atom stereocenters. The molecule has 0 aliphatic carbocycles. The molecule has 16 heavy (non-hydrogen) atoms. The molecule has 0 aromatic heterocycles. The summed E-state index contributed by atoms with van der Waals surface area (Å²) in [6, 6.07) is 7.05. The van der Waals surface area contributed by atoms with Crippen molar-refractivity contribution in [2.45, 2.75) is 32.4 Å². The Bertz CT molecular complexity index is 373. The van der Waals surface area contributed by atoms with Crippen LogP contribution in [0.15, 0.2) is 18.2 Å². The lowest BCUT2D eigenvalue weighted by molar-refractivity contribution is 0.710. The monoisotopic (exact) mass is 219 g/mol. The van der Waals surface area contributed by atoms with Gasteiger partial charge in [0, 0.05) is 30.9 Å². The van der Waals surface area contributed by atoms with Gasteiger partial charge < -0.3 is 16.4 Å². The van der Waals surface area contributed by atoms with Crippen molar-refractivity contribution < 1.29 is 0 Å². The molecule has 1 heterocycles. The van der Waals surface area contributed by atoms with E-state index < -0.39 is 0 Å². The summed E-state index contributed by atoms with van der Waals surface area (Å²) in [4.78, 5) is 2.44. The topological polar surface area (TPSA) is 55.3 Å². The molecule has 1 aromatic rings. The van der Waals surface area contributed by atoms with Crippen molar-refractivity contribution in [2.75, 3.05) is 18.0 Å². The second kappa shape index (κ2) is 4.44. The lowest BCUT2D eigenvalue weighted by atomic mass is 10.0. The average molecular weight is 219 g/mol. The summed E-state index contributed by atoms with van der Waals surface area (Å²) >= 11 is 0. The van der Waals surface area contributed by atoms with Gasteiger partial charge in [-0.05, 0) is 37.5 Å². The van der Waals surface area contributed by atoms with Crippen molar-refractivity contribution in [3.63, 3.8) is 0 Å². The van der Waals surface area contributed by atoms with Crippen molar-refractivity contribution in [2.24, 2.45) is 11.5 Å². The summed E-state index contributed by atoms with van der Waals surface area (Å²) in [6.07, 6.45) is 1.12. The quantitative estimate of drug-likeness (QED) is 0.808. The Morgan fingerprint density at radius 3 is 2.75 bits per heavy atom. The van der Waals surface area contributed by atoms with Crippen molar-refractivity contribution in [3.05, 3.63) is 29.3 Å².